The van der Waals surface area contributed by atoms with Crippen molar-refractivity contribution in [2.75, 3.05) is 12.3 Å². The summed E-state index contributed by atoms with van der Waals surface area (Å²) in [6.07, 6.45) is 2.32. The Morgan fingerprint density at radius 2 is 2.27 bits per heavy atom. The van der Waals surface area contributed by atoms with Crippen molar-refractivity contribution < 1.29 is 0 Å². The molecule has 1 aliphatic rings. The Morgan fingerprint density at radius 1 is 1.47 bits per heavy atom. The Bertz CT molecular complexity index is 344. The van der Waals surface area contributed by atoms with Crippen LogP contribution < -0.4 is 11.1 Å². The van der Waals surface area contributed by atoms with Gasteiger partial charge in [-0.3, -0.25) is 0 Å². The normalized spacial score (nSPS) is 20.3. The van der Waals surface area contributed by atoms with E-state index in [1.165, 1.54) is 17.5 Å². The summed E-state index contributed by atoms with van der Waals surface area (Å²) in [5, 5.41) is 3.58. The molecule has 3 N–H and O–H groups in total. The van der Waals surface area contributed by atoms with Crippen LogP contribution >= 0.6 is 0 Å². The third kappa shape index (κ3) is 2.32. The van der Waals surface area contributed by atoms with Gasteiger partial charge in [-0.25, -0.2) is 0 Å². The smallest absolute Gasteiger partial charge is 0.0326 e. The Balaban J connectivity index is 2.28. The van der Waals surface area contributed by atoms with Crippen LogP contribution in [0.4, 0.5) is 5.69 Å². The number of hydrogen-bond donors (Lipinski definition) is 2. The van der Waals surface area contributed by atoms with Gasteiger partial charge in [0.25, 0.3) is 0 Å². The van der Waals surface area contributed by atoms with Crippen LogP contribution in [-0.2, 0) is 6.42 Å². The number of rotatable bonds is 2. The van der Waals surface area contributed by atoms with E-state index in [1.54, 1.807) is 0 Å². The Hall–Kier alpha value is -1.02. The molecule has 0 amide bonds. The number of hydrogen-bond acceptors (Lipinski definition) is 2. The number of benzene rings is 1. The fraction of sp³-hybridized carbons (Fsp3) is 0.538. The lowest BCUT2D eigenvalue weighted by Gasteiger charge is -2.28. The fourth-order valence-electron chi connectivity index (χ4n) is 2.34. The molecule has 0 saturated heterocycles. The van der Waals surface area contributed by atoms with Crippen molar-refractivity contribution in [2.45, 2.75) is 32.7 Å². The van der Waals surface area contributed by atoms with Crippen LogP contribution in [0.2, 0.25) is 0 Å². The lowest BCUT2D eigenvalue weighted by atomic mass is 9.89. The zero-order valence-electron chi connectivity index (χ0n) is 9.59. The topological polar surface area (TPSA) is 38.0 Å². The first-order valence-electron chi connectivity index (χ1n) is 5.78. The molecule has 82 valence electrons. The van der Waals surface area contributed by atoms with Crippen LogP contribution in [0.25, 0.3) is 0 Å². The van der Waals surface area contributed by atoms with Gasteiger partial charge in [0.05, 0.1) is 0 Å². The molecule has 1 aromatic rings. The van der Waals surface area contributed by atoms with Gasteiger partial charge in [-0.1, -0.05) is 19.9 Å². The van der Waals surface area contributed by atoms with E-state index in [9.17, 15) is 0 Å². The van der Waals surface area contributed by atoms with Crippen molar-refractivity contribution in [3.05, 3.63) is 29.3 Å². The summed E-state index contributed by atoms with van der Waals surface area (Å²) in [4.78, 5) is 0. The highest BCUT2D eigenvalue weighted by atomic mass is 14.9. The minimum Gasteiger partial charge on any atom is -0.399 e. The molecule has 0 unspecified atom stereocenters. The van der Waals surface area contributed by atoms with Crippen LogP contribution in [0, 0.1) is 5.92 Å². The molecule has 0 bridgehead atoms. The minimum atomic E-state index is 0.497. The van der Waals surface area contributed by atoms with Crippen molar-refractivity contribution in [1.82, 2.24) is 5.32 Å². The number of fused-ring (bicyclic) bond motifs is 1. The van der Waals surface area contributed by atoms with Gasteiger partial charge in [-0.05, 0) is 48.6 Å². The van der Waals surface area contributed by atoms with E-state index in [1.807, 2.05) is 6.07 Å². The predicted molar refractivity (Wildman–Crippen MR) is 64.8 cm³/mol. The first-order valence-corrected chi connectivity index (χ1v) is 5.78. The third-order valence-corrected chi connectivity index (χ3v) is 3.04. The molecule has 0 aromatic heterocycles. The summed E-state index contributed by atoms with van der Waals surface area (Å²) in [5.74, 6) is 0.717. The number of nitrogens with one attached hydrogen (secondary N) is 1. The molecule has 1 atom stereocenters. The molecule has 2 nitrogen and oxygen atoms in total. The number of nitrogens with two attached hydrogens (primary N) is 1. The van der Waals surface area contributed by atoms with E-state index in [-0.39, 0.29) is 0 Å². The van der Waals surface area contributed by atoms with Crippen molar-refractivity contribution >= 4 is 5.69 Å². The Morgan fingerprint density at radius 3 is 3.00 bits per heavy atom. The Kier molecular flexibility index (Phi) is 2.96. The lowest BCUT2D eigenvalue weighted by Crippen LogP contribution is -2.30. The second-order valence-corrected chi connectivity index (χ2v) is 4.84. The molecule has 15 heavy (non-hydrogen) atoms. The first-order chi connectivity index (χ1) is 7.16. The zero-order chi connectivity index (χ0) is 10.8. The lowest BCUT2D eigenvalue weighted by molar-refractivity contribution is 0.414. The van der Waals surface area contributed by atoms with E-state index in [0.717, 1.165) is 24.6 Å². The van der Waals surface area contributed by atoms with Crippen LogP contribution in [0.3, 0.4) is 0 Å². The van der Waals surface area contributed by atoms with Gasteiger partial charge in [-0.15, -0.1) is 0 Å². The molecule has 2 rings (SSSR count). The molecule has 0 aliphatic carbocycles. The largest absolute Gasteiger partial charge is 0.399 e. The molecule has 0 spiro atoms. The van der Waals surface area contributed by atoms with Crippen molar-refractivity contribution in [2.24, 2.45) is 5.92 Å². The van der Waals surface area contributed by atoms with Crippen LogP contribution in [0.5, 0.6) is 0 Å². The molecule has 1 aliphatic heterocycles. The average Bonchev–Trinajstić information content (AvgIpc) is 2.18. The molecular formula is C13H20N2. The van der Waals surface area contributed by atoms with E-state index in [4.69, 9.17) is 5.73 Å². The second-order valence-electron chi connectivity index (χ2n) is 4.84. The van der Waals surface area contributed by atoms with Gasteiger partial charge in [0.1, 0.15) is 0 Å². The van der Waals surface area contributed by atoms with Gasteiger partial charge in [0, 0.05) is 11.7 Å². The van der Waals surface area contributed by atoms with E-state index in [2.05, 4.69) is 31.3 Å². The second kappa shape index (κ2) is 4.23. The van der Waals surface area contributed by atoms with Gasteiger partial charge in [-0.2, -0.15) is 0 Å². The van der Waals surface area contributed by atoms with Gasteiger partial charge in [0.15, 0.2) is 0 Å². The molecular weight excluding hydrogens is 184 g/mol. The zero-order valence-corrected chi connectivity index (χ0v) is 9.59. The summed E-state index contributed by atoms with van der Waals surface area (Å²) in [6.45, 7) is 5.62. The van der Waals surface area contributed by atoms with E-state index >= 15 is 0 Å². The van der Waals surface area contributed by atoms with Crippen molar-refractivity contribution in [1.29, 1.82) is 0 Å². The van der Waals surface area contributed by atoms with Crippen molar-refractivity contribution in [3.8, 4) is 0 Å². The SMILES string of the molecule is CC(C)C[C@H]1NCCc2ccc(N)cc21. The quantitative estimate of drug-likeness (QED) is 0.726. The average molecular weight is 204 g/mol. The maximum Gasteiger partial charge on any atom is 0.0326 e. The van der Waals surface area contributed by atoms with Crippen molar-refractivity contribution in [3.63, 3.8) is 0 Å². The van der Waals surface area contributed by atoms with E-state index in [0.29, 0.717) is 6.04 Å². The molecule has 0 fully saturated rings. The monoisotopic (exact) mass is 204 g/mol. The molecule has 0 saturated carbocycles. The van der Waals surface area contributed by atoms with Gasteiger partial charge < -0.3 is 11.1 Å². The molecule has 1 aromatic carbocycles. The summed E-state index contributed by atoms with van der Waals surface area (Å²) < 4.78 is 0. The van der Waals surface area contributed by atoms with Gasteiger partial charge >= 0.3 is 0 Å². The first kappa shape index (κ1) is 10.5. The van der Waals surface area contributed by atoms with Gasteiger partial charge in [0.2, 0.25) is 0 Å². The Labute approximate surface area is 91.9 Å². The minimum absolute atomic E-state index is 0.497. The highest BCUT2D eigenvalue weighted by Crippen LogP contribution is 2.29. The fourth-order valence-corrected chi connectivity index (χ4v) is 2.34. The van der Waals surface area contributed by atoms with Crippen LogP contribution in [0.15, 0.2) is 18.2 Å². The molecule has 2 heteroatoms. The maximum atomic E-state index is 5.85. The summed E-state index contributed by atoms with van der Waals surface area (Å²) in [6, 6.07) is 6.82. The number of nitrogen functional groups attached to an aromatic ring is 1. The van der Waals surface area contributed by atoms with Crippen LogP contribution in [0.1, 0.15) is 37.4 Å². The highest BCUT2D eigenvalue weighted by Gasteiger charge is 2.20. The van der Waals surface area contributed by atoms with Crippen LogP contribution in [-0.4, -0.2) is 6.54 Å². The molecule has 0 radical (unpaired) electrons. The maximum absolute atomic E-state index is 5.85. The standard InChI is InChI=1S/C13H20N2/c1-9(2)7-13-12-8-11(14)4-3-10(12)5-6-15-13/h3-4,8-9,13,15H,5-7,14H2,1-2H3/t13-/m1/s1. The number of anilines is 1. The summed E-state index contributed by atoms with van der Waals surface area (Å²) in [7, 11) is 0. The predicted octanol–water partition coefficient (Wildman–Crippen LogP) is 2.50. The third-order valence-electron chi connectivity index (χ3n) is 3.04. The van der Waals surface area contributed by atoms with E-state index < -0.39 is 0 Å². The highest BCUT2D eigenvalue weighted by molar-refractivity contribution is 5.47. The molecule has 1 heterocycles. The summed E-state index contributed by atoms with van der Waals surface area (Å²) >= 11 is 0. The summed E-state index contributed by atoms with van der Waals surface area (Å²) in [5.41, 5.74) is 9.61.